The Morgan fingerprint density at radius 1 is 0.971 bits per heavy atom. The molecule has 2 amide bonds. The standard InChI is InChI=1S/C27H31N5O2/c1-20-14-21(17-28-16-20)15-26(33)30-11-5-6-22(18-30)23-9-12-31(19-23)27(34)25-10-13-32(29-25)24-7-3-2-4-8-24/h2-4,7-8,10,13-14,16-17,22-23H,5-6,9,11-12,15,18-19H2,1H3. The van der Waals surface area contributed by atoms with Crippen molar-refractivity contribution in [2.24, 2.45) is 11.8 Å². The summed E-state index contributed by atoms with van der Waals surface area (Å²) in [5.41, 5.74) is 3.47. The molecule has 176 valence electrons. The number of hydrogen-bond acceptors (Lipinski definition) is 4. The van der Waals surface area contributed by atoms with E-state index in [1.54, 1.807) is 16.9 Å². The van der Waals surface area contributed by atoms with Crippen LogP contribution in [0.5, 0.6) is 0 Å². The number of carbonyl (C=O) groups excluding carboxylic acids is 2. The molecule has 2 aliphatic rings. The third kappa shape index (κ3) is 4.88. The zero-order valence-electron chi connectivity index (χ0n) is 19.6. The zero-order chi connectivity index (χ0) is 23.5. The van der Waals surface area contributed by atoms with E-state index in [9.17, 15) is 9.59 Å². The van der Waals surface area contributed by atoms with Gasteiger partial charge in [-0.25, -0.2) is 4.68 Å². The van der Waals surface area contributed by atoms with E-state index in [-0.39, 0.29) is 11.8 Å². The molecule has 2 unspecified atom stereocenters. The number of amides is 2. The van der Waals surface area contributed by atoms with Crippen molar-refractivity contribution in [3.63, 3.8) is 0 Å². The molecule has 5 rings (SSSR count). The first kappa shape index (κ1) is 22.3. The number of benzene rings is 1. The van der Waals surface area contributed by atoms with Gasteiger partial charge in [-0.05, 0) is 67.3 Å². The first-order valence-electron chi connectivity index (χ1n) is 12.2. The smallest absolute Gasteiger partial charge is 0.274 e. The second-order valence-electron chi connectivity index (χ2n) is 9.57. The Morgan fingerprint density at radius 2 is 1.76 bits per heavy atom. The van der Waals surface area contributed by atoms with Crippen LogP contribution in [0.1, 0.15) is 40.9 Å². The lowest BCUT2D eigenvalue weighted by atomic mass is 9.84. The summed E-state index contributed by atoms with van der Waals surface area (Å²) in [4.78, 5) is 34.2. The van der Waals surface area contributed by atoms with Crippen LogP contribution in [0.4, 0.5) is 0 Å². The number of rotatable bonds is 5. The number of aryl methyl sites for hydroxylation is 1. The van der Waals surface area contributed by atoms with E-state index >= 15 is 0 Å². The van der Waals surface area contributed by atoms with Crippen molar-refractivity contribution in [1.82, 2.24) is 24.6 Å². The van der Waals surface area contributed by atoms with Crippen LogP contribution in [0, 0.1) is 18.8 Å². The first-order chi connectivity index (χ1) is 16.6. The summed E-state index contributed by atoms with van der Waals surface area (Å²) in [6, 6.07) is 13.6. The van der Waals surface area contributed by atoms with Crippen LogP contribution in [-0.2, 0) is 11.2 Å². The minimum atomic E-state index is -0.00660. The lowest BCUT2D eigenvalue weighted by Crippen LogP contribution is -2.43. The van der Waals surface area contributed by atoms with Crippen LogP contribution >= 0.6 is 0 Å². The van der Waals surface area contributed by atoms with Gasteiger partial charge in [0.2, 0.25) is 5.91 Å². The van der Waals surface area contributed by atoms with Crippen molar-refractivity contribution in [2.45, 2.75) is 32.6 Å². The highest BCUT2D eigenvalue weighted by Gasteiger charge is 2.36. The van der Waals surface area contributed by atoms with Gasteiger partial charge in [0.25, 0.3) is 5.91 Å². The molecule has 2 aliphatic heterocycles. The van der Waals surface area contributed by atoms with Gasteiger partial charge in [0.1, 0.15) is 0 Å². The Kier molecular flexibility index (Phi) is 6.43. The summed E-state index contributed by atoms with van der Waals surface area (Å²) in [5, 5.41) is 4.51. The molecule has 0 bridgehead atoms. The summed E-state index contributed by atoms with van der Waals surface area (Å²) in [5.74, 6) is 1.03. The fourth-order valence-electron chi connectivity index (χ4n) is 5.30. The van der Waals surface area contributed by atoms with E-state index in [2.05, 4.69) is 10.1 Å². The quantitative estimate of drug-likeness (QED) is 0.588. The fourth-order valence-corrected chi connectivity index (χ4v) is 5.30. The van der Waals surface area contributed by atoms with Crippen LogP contribution < -0.4 is 0 Å². The largest absolute Gasteiger partial charge is 0.342 e. The van der Waals surface area contributed by atoms with Crippen molar-refractivity contribution < 1.29 is 9.59 Å². The number of piperidine rings is 1. The molecule has 34 heavy (non-hydrogen) atoms. The normalized spacial score (nSPS) is 20.5. The van der Waals surface area contributed by atoms with Gasteiger partial charge in [-0.3, -0.25) is 14.6 Å². The minimum absolute atomic E-state index is 0.00660. The number of aromatic nitrogens is 3. The van der Waals surface area contributed by atoms with Gasteiger partial charge in [-0.15, -0.1) is 0 Å². The van der Waals surface area contributed by atoms with Gasteiger partial charge in [0, 0.05) is 44.8 Å². The molecule has 2 aromatic heterocycles. The average molecular weight is 458 g/mol. The van der Waals surface area contributed by atoms with Crippen molar-refractivity contribution >= 4 is 11.8 Å². The lowest BCUT2D eigenvalue weighted by molar-refractivity contribution is -0.132. The van der Waals surface area contributed by atoms with E-state index in [0.717, 1.165) is 62.3 Å². The Bertz CT molecular complexity index is 1160. The number of hydrogen-bond donors (Lipinski definition) is 0. The van der Waals surface area contributed by atoms with Gasteiger partial charge in [-0.1, -0.05) is 24.3 Å². The zero-order valence-corrected chi connectivity index (χ0v) is 19.6. The van der Waals surface area contributed by atoms with Crippen LogP contribution in [0.25, 0.3) is 5.69 Å². The molecular weight excluding hydrogens is 426 g/mol. The van der Waals surface area contributed by atoms with Crippen LogP contribution in [0.15, 0.2) is 61.1 Å². The van der Waals surface area contributed by atoms with Crippen molar-refractivity contribution in [1.29, 1.82) is 0 Å². The minimum Gasteiger partial charge on any atom is -0.342 e. The van der Waals surface area contributed by atoms with Crippen molar-refractivity contribution in [2.75, 3.05) is 26.2 Å². The summed E-state index contributed by atoms with van der Waals surface area (Å²) >= 11 is 0. The molecular formula is C27H31N5O2. The summed E-state index contributed by atoms with van der Waals surface area (Å²) in [7, 11) is 0. The highest BCUT2D eigenvalue weighted by molar-refractivity contribution is 5.92. The number of para-hydroxylation sites is 1. The van der Waals surface area contributed by atoms with Gasteiger partial charge >= 0.3 is 0 Å². The molecule has 3 aromatic rings. The van der Waals surface area contributed by atoms with Gasteiger partial charge in [0.05, 0.1) is 12.1 Å². The Morgan fingerprint density at radius 3 is 2.59 bits per heavy atom. The highest BCUT2D eigenvalue weighted by atomic mass is 16.2. The Labute approximate surface area is 200 Å². The molecule has 1 aromatic carbocycles. The molecule has 0 spiro atoms. The number of carbonyl (C=O) groups is 2. The van der Waals surface area contributed by atoms with E-state index in [1.165, 1.54) is 0 Å². The maximum Gasteiger partial charge on any atom is 0.274 e. The molecule has 7 heteroatoms. The van der Waals surface area contributed by atoms with Crippen LogP contribution in [-0.4, -0.2) is 62.6 Å². The van der Waals surface area contributed by atoms with Gasteiger partial charge in [-0.2, -0.15) is 5.10 Å². The topological polar surface area (TPSA) is 71.3 Å². The van der Waals surface area contributed by atoms with E-state index in [0.29, 0.717) is 24.0 Å². The second kappa shape index (κ2) is 9.79. The van der Waals surface area contributed by atoms with Crippen molar-refractivity contribution in [3.05, 3.63) is 77.9 Å². The highest BCUT2D eigenvalue weighted by Crippen LogP contribution is 2.32. The van der Waals surface area contributed by atoms with Crippen LogP contribution in [0.3, 0.4) is 0 Å². The lowest BCUT2D eigenvalue weighted by Gasteiger charge is -2.36. The molecule has 7 nitrogen and oxygen atoms in total. The molecule has 4 heterocycles. The second-order valence-corrected chi connectivity index (χ2v) is 9.57. The summed E-state index contributed by atoms with van der Waals surface area (Å²) in [6.45, 7) is 5.10. The Balaban J connectivity index is 1.18. The maximum atomic E-state index is 13.1. The van der Waals surface area contributed by atoms with Crippen LogP contribution in [0.2, 0.25) is 0 Å². The Hall–Kier alpha value is -3.48. The third-order valence-electron chi connectivity index (χ3n) is 7.11. The molecule has 2 fully saturated rings. The van der Waals surface area contributed by atoms with E-state index < -0.39 is 0 Å². The van der Waals surface area contributed by atoms with Gasteiger partial charge in [0.15, 0.2) is 5.69 Å². The summed E-state index contributed by atoms with van der Waals surface area (Å²) < 4.78 is 1.75. The SMILES string of the molecule is Cc1cncc(CC(=O)N2CCCC(C3CCN(C(=O)c4ccn(-c5ccccc5)n4)C3)C2)c1. The fraction of sp³-hybridized carbons (Fsp3) is 0.407. The third-order valence-corrected chi connectivity index (χ3v) is 7.11. The van der Waals surface area contributed by atoms with E-state index in [4.69, 9.17) is 0 Å². The molecule has 2 saturated heterocycles. The summed E-state index contributed by atoms with van der Waals surface area (Å²) in [6.07, 6.45) is 8.96. The molecule has 0 aliphatic carbocycles. The molecule has 0 radical (unpaired) electrons. The average Bonchev–Trinajstić information content (AvgIpc) is 3.55. The monoisotopic (exact) mass is 457 g/mol. The van der Waals surface area contributed by atoms with Crippen molar-refractivity contribution in [3.8, 4) is 5.69 Å². The number of nitrogens with zero attached hydrogens (tertiary/aromatic N) is 5. The predicted octanol–water partition coefficient (Wildman–Crippen LogP) is 3.52. The number of likely N-dealkylation sites (tertiary alicyclic amines) is 2. The molecule has 0 saturated carbocycles. The molecule has 0 N–H and O–H groups in total. The number of pyridine rings is 1. The predicted molar refractivity (Wildman–Crippen MR) is 130 cm³/mol. The van der Waals surface area contributed by atoms with Gasteiger partial charge < -0.3 is 9.80 Å². The molecule has 2 atom stereocenters. The van der Waals surface area contributed by atoms with E-state index in [1.807, 2.05) is 65.5 Å². The maximum absolute atomic E-state index is 13.1. The first-order valence-corrected chi connectivity index (χ1v) is 12.2.